The lowest BCUT2D eigenvalue weighted by atomic mass is 10.3. The number of aryl methyl sites for hydroxylation is 1. The smallest absolute Gasteiger partial charge is 0.271 e. The molecule has 20 heavy (non-hydrogen) atoms. The number of halogens is 2. The lowest BCUT2D eigenvalue weighted by molar-refractivity contribution is 0.602. The van der Waals surface area contributed by atoms with E-state index in [-0.39, 0.29) is 9.90 Å². The number of hydrogen-bond acceptors (Lipinski definition) is 4. The van der Waals surface area contributed by atoms with Crippen LogP contribution in [0, 0.1) is 12.7 Å². The van der Waals surface area contributed by atoms with Gasteiger partial charge >= 0.3 is 0 Å². The van der Waals surface area contributed by atoms with E-state index in [9.17, 15) is 12.8 Å². The normalized spacial score (nSPS) is 11.6. The average molecular weight is 379 g/mol. The Morgan fingerprint density at radius 3 is 2.65 bits per heavy atom. The Morgan fingerprint density at radius 2 is 2.10 bits per heavy atom. The fraction of sp³-hybridized carbons (Fsp3) is 0.167. The molecule has 1 heterocycles. The van der Waals surface area contributed by atoms with Crippen molar-refractivity contribution in [3.05, 3.63) is 45.0 Å². The molecule has 0 aliphatic carbocycles. The van der Waals surface area contributed by atoms with E-state index in [0.29, 0.717) is 11.0 Å². The second-order valence-corrected chi connectivity index (χ2v) is 8.01. The molecular weight excluding hydrogens is 367 g/mol. The highest BCUT2D eigenvalue weighted by atomic mass is 79.9. The number of sulfonamides is 1. The summed E-state index contributed by atoms with van der Waals surface area (Å²) in [4.78, 5) is 0.823. The first-order valence-corrected chi connectivity index (χ1v) is 8.70. The molecule has 0 saturated heterocycles. The summed E-state index contributed by atoms with van der Waals surface area (Å²) in [6.45, 7) is 2.11. The Kier molecular flexibility index (Phi) is 4.48. The molecule has 0 aliphatic heterocycles. The van der Waals surface area contributed by atoms with Gasteiger partial charge in [-0.3, -0.25) is 4.72 Å². The van der Waals surface area contributed by atoms with Crippen LogP contribution in [0.2, 0.25) is 0 Å². The molecule has 0 spiro atoms. The standard InChI is InChI=1S/C12H12BrFN2O2S2/c1-7-4-12(19-11(7)6-15)20(17,18)16-10-3-2-8(14)5-9(10)13/h2-5,16H,6,15H2,1H3. The number of benzene rings is 1. The van der Waals surface area contributed by atoms with Crippen molar-refractivity contribution in [2.24, 2.45) is 5.73 Å². The minimum Gasteiger partial charge on any atom is -0.326 e. The van der Waals surface area contributed by atoms with E-state index in [1.807, 2.05) is 6.92 Å². The van der Waals surface area contributed by atoms with Crippen LogP contribution in [0.1, 0.15) is 10.4 Å². The Balaban J connectivity index is 2.35. The van der Waals surface area contributed by atoms with Crippen molar-refractivity contribution in [3.8, 4) is 0 Å². The second kappa shape index (κ2) is 5.80. The first-order valence-electron chi connectivity index (χ1n) is 5.60. The largest absolute Gasteiger partial charge is 0.326 e. The van der Waals surface area contributed by atoms with Gasteiger partial charge in [-0.25, -0.2) is 12.8 Å². The number of nitrogens with two attached hydrogens (primary N) is 1. The van der Waals surface area contributed by atoms with E-state index >= 15 is 0 Å². The van der Waals surface area contributed by atoms with Crippen LogP contribution in [0.25, 0.3) is 0 Å². The van der Waals surface area contributed by atoms with Gasteiger partial charge in [0.1, 0.15) is 10.0 Å². The van der Waals surface area contributed by atoms with Crippen LogP contribution in [-0.4, -0.2) is 8.42 Å². The van der Waals surface area contributed by atoms with E-state index in [2.05, 4.69) is 20.7 Å². The molecule has 2 aromatic rings. The summed E-state index contributed by atoms with van der Waals surface area (Å²) in [5.74, 6) is -0.447. The Bertz CT molecular complexity index is 744. The maximum atomic E-state index is 13.0. The number of thiophene rings is 1. The van der Waals surface area contributed by atoms with Crippen molar-refractivity contribution in [3.63, 3.8) is 0 Å². The predicted octanol–water partition coefficient (Wildman–Crippen LogP) is 3.22. The van der Waals surface area contributed by atoms with Gasteiger partial charge in [0.25, 0.3) is 10.0 Å². The maximum Gasteiger partial charge on any atom is 0.271 e. The minimum atomic E-state index is -3.70. The highest BCUT2D eigenvalue weighted by Gasteiger charge is 2.19. The van der Waals surface area contributed by atoms with Crippen LogP contribution in [0.5, 0.6) is 0 Å². The highest BCUT2D eigenvalue weighted by molar-refractivity contribution is 9.10. The average Bonchev–Trinajstić information content (AvgIpc) is 2.75. The van der Waals surface area contributed by atoms with Crippen molar-refractivity contribution in [1.82, 2.24) is 0 Å². The highest BCUT2D eigenvalue weighted by Crippen LogP contribution is 2.30. The van der Waals surface area contributed by atoms with Gasteiger partial charge in [-0.05, 0) is 52.7 Å². The van der Waals surface area contributed by atoms with Crippen molar-refractivity contribution in [2.45, 2.75) is 17.7 Å². The molecule has 3 N–H and O–H groups in total. The van der Waals surface area contributed by atoms with Crippen LogP contribution in [0.4, 0.5) is 10.1 Å². The molecule has 1 aromatic carbocycles. The van der Waals surface area contributed by atoms with E-state index in [1.165, 1.54) is 18.2 Å². The van der Waals surface area contributed by atoms with Crippen LogP contribution in [0.15, 0.2) is 32.9 Å². The van der Waals surface area contributed by atoms with Gasteiger partial charge in [-0.1, -0.05) is 0 Å². The molecule has 0 radical (unpaired) electrons. The third-order valence-electron chi connectivity index (χ3n) is 2.62. The second-order valence-electron chi connectivity index (χ2n) is 4.11. The number of hydrogen-bond donors (Lipinski definition) is 2. The first-order chi connectivity index (χ1) is 9.33. The van der Waals surface area contributed by atoms with Gasteiger partial charge in [-0.2, -0.15) is 0 Å². The molecule has 2 rings (SSSR count). The minimum absolute atomic E-state index is 0.187. The van der Waals surface area contributed by atoms with Crippen LogP contribution < -0.4 is 10.5 Å². The zero-order valence-electron chi connectivity index (χ0n) is 10.5. The fourth-order valence-electron chi connectivity index (χ4n) is 1.59. The van der Waals surface area contributed by atoms with Crippen LogP contribution in [0.3, 0.4) is 0 Å². The van der Waals surface area contributed by atoms with E-state index in [4.69, 9.17) is 5.73 Å². The van der Waals surface area contributed by atoms with Gasteiger partial charge in [0, 0.05) is 15.9 Å². The van der Waals surface area contributed by atoms with Gasteiger partial charge in [0.15, 0.2) is 0 Å². The zero-order valence-corrected chi connectivity index (χ0v) is 13.7. The molecule has 8 heteroatoms. The third-order valence-corrected chi connectivity index (χ3v) is 6.38. The summed E-state index contributed by atoms with van der Waals surface area (Å²) < 4.78 is 40.5. The van der Waals surface area contributed by atoms with Gasteiger partial charge < -0.3 is 5.73 Å². The zero-order chi connectivity index (χ0) is 14.9. The molecule has 108 valence electrons. The topological polar surface area (TPSA) is 72.2 Å². The van der Waals surface area contributed by atoms with Crippen molar-refractivity contribution < 1.29 is 12.8 Å². The molecule has 0 unspecified atom stereocenters. The summed E-state index contributed by atoms with van der Waals surface area (Å²) in [6.07, 6.45) is 0. The molecule has 0 bridgehead atoms. The van der Waals surface area contributed by atoms with Crippen molar-refractivity contribution in [1.29, 1.82) is 0 Å². The van der Waals surface area contributed by atoms with Crippen LogP contribution in [-0.2, 0) is 16.6 Å². The molecule has 4 nitrogen and oxygen atoms in total. The summed E-state index contributed by atoms with van der Waals surface area (Å²) in [7, 11) is -3.70. The molecular formula is C12H12BrFN2O2S2. The van der Waals surface area contributed by atoms with Gasteiger partial charge in [-0.15, -0.1) is 11.3 Å². The summed E-state index contributed by atoms with van der Waals surface area (Å²) >= 11 is 4.25. The van der Waals surface area contributed by atoms with Crippen molar-refractivity contribution >= 4 is 43.0 Å². The first kappa shape index (κ1) is 15.4. The molecule has 0 aliphatic rings. The summed E-state index contributed by atoms with van der Waals surface area (Å²) in [5.41, 5.74) is 6.67. The Morgan fingerprint density at radius 1 is 1.40 bits per heavy atom. The van der Waals surface area contributed by atoms with E-state index < -0.39 is 15.8 Å². The third kappa shape index (κ3) is 3.20. The SMILES string of the molecule is Cc1cc(S(=O)(=O)Nc2ccc(F)cc2Br)sc1CN. The Labute approximate surface area is 129 Å². The maximum absolute atomic E-state index is 13.0. The molecule has 0 saturated carbocycles. The molecule has 0 atom stereocenters. The summed E-state index contributed by atoms with van der Waals surface area (Å²) in [5, 5.41) is 0. The van der Waals surface area contributed by atoms with Gasteiger partial charge in [0.05, 0.1) is 5.69 Å². The predicted molar refractivity (Wildman–Crippen MR) is 81.9 cm³/mol. The van der Waals surface area contributed by atoms with Gasteiger partial charge in [0.2, 0.25) is 0 Å². The quantitative estimate of drug-likeness (QED) is 0.857. The number of nitrogens with one attached hydrogen (secondary N) is 1. The number of anilines is 1. The molecule has 0 fully saturated rings. The van der Waals surface area contributed by atoms with Crippen molar-refractivity contribution in [2.75, 3.05) is 4.72 Å². The lowest BCUT2D eigenvalue weighted by Crippen LogP contribution is -2.12. The van der Waals surface area contributed by atoms with Crippen LogP contribution >= 0.6 is 27.3 Å². The van der Waals surface area contributed by atoms with E-state index in [1.54, 1.807) is 6.07 Å². The lowest BCUT2D eigenvalue weighted by Gasteiger charge is -2.08. The molecule has 1 aromatic heterocycles. The molecule has 0 amide bonds. The monoisotopic (exact) mass is 378 g/mol. The fourth-order valence-corrected chi connectivity index (χ4v) is 4.72. The summed E-state index contributed by atoms with van der Waals surface area (Å²) in [6, 6.07) is 5.32. The Hall–Kier alpha value is -0.960. The van der Waals surface area contributed by atoms with E-state index in [0.717, 1.165) is 21.8 Å². The number of rotatable bonds is 4.